The van der Waals surface area contributed by atoms with E-state index in [1.54, 1.807) is 0 Å². The maximum absolute atomic E-state index is 11.4. The van der Waals surface area contributed by atoms with E-state index in [2.05, 4.69) is 10.1 Å². The van der Waals surface area contributed by atoms with Crippen molar-refractivity contribution in [3.8, 4) is 11.1 Å². The van der Waals surface area contributed by atoms with Crippen LogP contribution in [-0.4, -0.2) is 36.7 Å². The summed E-state index contributed by atoms with van der Waals surface area (Å²) in [5.41, 5.74) is 6.92. The molecule has 110 valence electrons. The summed E-state index contributed by atoms with van der Waals surface area (Å²) in [6.07, 6.45) is 1.50. The monoisotopic (exact) mass is 298 g/mol. The third-order valence-electron chi connectivity index (χ3n) is 3.16. The normalized spacial score (nSPS) is 10.7. The van der Waals surface area contributed by atoms with Crippen molar-refractivity contribution in [1.82, 2.24) is 14.6 Å². The minimum absolute atomic E-state index is 0.0305. The molecule has 0 amide bonds. The fourth-order valence-corrected chi connectivity index (χ4v) is 2.14. The number of fused-ring (bicyclic) bond motifs is 1. The zero-order chi connectivity index (χ0) is 15.9. The standard InChI is InChI=1S/C14H10N4O4/c15-14-16-11-5-9(13(21)22)10(6-18(11)17-14)7-1-3-8(4-2-7)12(19)20/h1-6H,(H2,15,17)(H,19,20)(H,21,22). The Morgan fingerprint density at radius 3 is 2.36 bits per heavy atom. The molecule has 3 rings (SSSR count). The molecular weight excluding hydrogens is 288 g/mol. The third kappa shape index (κ3) is 2.22. The molecule has 8 heteroatoms. The van der Waals surface area contributed by atoms with E-state index in [-0.39, 0.29) is 17.1 Å². The predicted octanol–water partition coefficient (Wildman–Crippen LogP) is 1.37. The molecule has 0 saturated heterocycles. The first kappa shape index (κ1) is 13.6. The number of anilines is 1. The highest BCUT2D eigenvalue weighted by Crippen LogP contribution is 2.25. The summed E-state index contributed by atoms with van der Waals surface area (Å²) in [4.78, 5) is 26.2. The predicted molar refractivity (Wildman–Crippen MR) is 76.8 cm³/mol. The zero-order valence-electron chi connectivity index (χ0n) is 11.1. The van der Waals surface area contributed by atoms with Gasteiger partial charge in [-0.25, -0.2) is 14.1 Å². The van der Waals surface area contributed by atoms with Gasteiger partial charge < -0.3 is 15.9 Å². The van der Waals surface area contributed by atoms with Crippen LogP contribution in [0, 0.1) is 0 Å². The highest BCUT2D eigenvalue weighted by atomic mass is 16.4. The fraction of sp³-hybridized carbons (Fsp3) is 0. The van der Waals surface area contributed by atoms with Crippen LogP contribution in [0.25, 0.3) is 16.8 Å². The molecule has 1 aromatic carbocycles. The van der Waals surface area contributed by atoms with E-state index < -0.39 is 11.9 Å². The van der Waals surface area contributed by atoms with Gasteiger partial charge in [-0.05, 0) is 23.8 Å². The number of rotatable bonds is 3. The van der Waals surface area contributed by atoms with Crippen molar-refractivity contribution in [2.75, 3.05) is 5.73 Å². The largest absolute Gasteiger partial charge is 0.478 e. The Balaban J connectivity index is 2.21. The van der Waals surface area contributed by atoms with E-state index >= 15 is 0 Å². The number of hydrogen-bond acceptors (Lipinski definition) is 5. The molecule has 0 aliphatic carbocycles. The maximum atomic E-state index is 11.4. The number of carbonyl (C=O) groups is 2. The highest BCUT2D eigenvalue weighted by Gasteiger charge is 2.16. The van der Waals surface area contributed by atoms with E-state index in [0.29, 0.717) is 16.8 Å². The van der Waals surface area contributed by atoms with Gasteiger partial charge in [0.1, 0.15) is 0 Å². The second-order valence-electron chi connectivity index (χ2n) is 4.56. The molecule has 3 aromatic rings. The molecule has 0 radical (unpaired) electrons. The molecule has 0 aliphatic rings. The average molecular weight is 298 g/mol. The number of aromatic carboxylic acids is 2. The van der Waals surface area contributed by atoms with Crippen molar-refractivity contribution in [3.05, 3.63) is 47.7 Å². The number of benzene rings is 1. The van der Waals surface area contributed by atoms with Crippen LogP contribution in [0.1, 0.15) is 20.7 Å². The molecule has 0 saturated carbocycles. The Morgan fingerprint density at radius 1 is 1.09 bits per heavy atom. The maximum Gasteiger partial charge on any atom is 0.336 e. The summed E-state index contributed by atoms with van der Waals surface area (Å²) in [6.45, 7) is 0. The fourth-order valence-electron chi connectivity index (χ4n) is 2.14. The Labute approximate surface area is 123 Å². The lowest BCUT2D eigenvalue weighted by Crippen LogP contribution is -2.03. The molecule has 2 heterocycles. The van der Waals surface area contributed by atoms with Crippen LogP contribution in [0.15, 0.2) is 36.5 Å². The van der Waals surface area contributed by atoms with Gasteiger partial charge in [0.05, 0.1) is 11.1 Å². The van der Waals surface area contributed by atoms with E-state index in [1.165, 1.54) is 41.0 Å². The SMILES string of the molecule is Nc1nc2cc(C(=O)O)c(-c3ccc(C(=O)O)cc3)cn2n1. The minimum atomic E-state index is -1.12. The van der Waals surface area contributed by atoms with Crippen molar-refractivity contribution in [3.63, 3.8) is 0 Å². The van der Waals surface area contributed by atoms with Crippen LogP contribution < -0.4 is 5.73 Å². The van der Waals surface area contributed by atoms with Crippen LogP contribution >= 0.6 is 0 Å². The molecule has 22 heavy (non-hydrogen) atoms. The topological polar surface area (TPSA) is 131 Å². The first-order valence-electron chi connectivity index (χ1n) is 6.18. The molecule has 0 unspecified atom stereocenters. The third-order valence-corrected chi connectivity index (χ3v) is 3.16. The van der Waals surface area contributed by atoms with Gasteiger partial charge in [-0.15, -0.1) is 5.10 Å². The van der Waals surface area contributed by atoms with E-state index in [4.69, 9.17) is 10.8 Å². The average Bonchev–Trinajstić information content (AvgIpc) is 2.85. The molecule has 0 spiro atoms. The lowest BCUT2D eigenvalue weighted by atomic mass is 10.0. The first-order chi connectivity index (χ1) is 10.5. The van der Waals surface area contributed by atoms with Gasteiger partial charge in [0.25, 0.3) is 0 Å². The van der Waals surface area contributed by atoms with Gasteiger partial charge in [0.15, 0.2) is 5.65 Å². The number of nitrogens with zero attached hydrogens (tertiary/aromatic N) is 3. The zero-order valence-corrected chi connectivity index (χ0v) is 11.1. The van der Waals surface area contributed by atoms with Gasteiger partial charge in [-0.1, -0.05) is 12.1 Å². The molecule has 0 atom stereocenters. The number of hydrogen-bond donors (Lipinski definition) is 3. The summed E-state index contributed by atoms with van der Waals surface area (Å²) in [7, 11) is 0. The van der Waals surface area contributed by atoms with Gasteiger partial charge >= 0.3 is 11.9 Å². The minimum Gasteiger partial charge on any atom is -0.478 e. The van der Waals surface area contributed by atoms with Crippen LogP contribution in [0.3, 0.4) is 0 Å². The molecule has 8 nitrogen and oxygen atoms in total. The van der Waals surface area contributed by atoms with Crippen LogP contribution in [0.4, 0.5) is 5.95 Å². The summed E-state index contributed by atoms with van der Waals surface area (Å²) in [5.74, 6) is -2.14. The molecule has 0 aliphatic heterocycles. The van der Waals surface area contributed by atoms with E-state index in [1.807, 2.05) is 0 Å². The van der Waals surface area contributed by atoms with Gasteiger partial charge in [-0.3, -0.25) is 0 Å². The molecular formula is C14H10N4O4. The van der Waals surface area contributed by atoms with Crippen LogP contribution in [0.5, 0.6) is 0 Å². The molecule has 2 aromatic heterocycles. The molecule has 0 fully saturated rings. The van der Waals surface area contributed by atoms with E-state index in [0.717, 1.165) is 0 Å². The quantitative estimate of drug-likeness (QED) is 0.665. The number of nitrogens with two attached hydrogens (primary N) is 1. The van der Waals surface area contributed by atoms with Crippen molar-refractivity contribution < 1.29 is 19.8 Å². The lowest BCUT2D eigenvalue weighted by Gasteiger charge is -2.07. The smallest absolute Gasteiger partial charge is 0.336 e. The van der Waals surface area contributed by atoms with Gasteiger partial charge in [0, 0.05) is 11.8 Å². The Morgan fingerprint density at radius 2 is 1.77 bits per heavy atom. The number of nitrogen functional groups attached to an aromatic ring is 1. The molecule has 4 N–H and O–H groups in total. The first-order valence-corrected chi connectivity index (χ1v) is 6.18. The van der Waals surface area contributed by atoms with Crippen molar-refractivity contribution >= 4 is 23.5 Å². The second-order valence-corrected chi connectivity index (χ2v) is 4.56. The van der Waals surface area contributed by atoms with Crippen molar-refractivity contribution in [2.45, 2.75) is 0 Å². The van der Waals surface area contributed by atoms with Gasteiger partial charge in [-0.2, -0.15) is 4.98 Å². The number of pyridine rings is 1. The number of carboxylic acids is 2. The van der Waals surface area contributed by atoms with Crippen molar-refractivity contribution in [1.29, 1.82) is 0 Å². The Kier molecular flexibility index (Phi) is 2.99. The number of aromatic nitrogens is 3. The van der Waals surface area contributed by atoms with Crippen LogP contribution in [-0.2, 0) is 0 Å². The summed E-state index contributed by atoms with van der Waals surface area (Å²) in [5, 5.41) is 22.2. The molecule has 0 bridgehead atoms. The Bertz CT molecular complexity index is 899. The van der Waals surface area contributed by atoms with Crippen molar-refractivity contribution in [2.24, 2.45) is 0 Å². The second kappa shape index (κ2) is 4.85. The van der Waals surface area contributed by atoms with E-state index in [9.17, 15) is 14.7 Å². The van der Waals surface area contributed by atoms with Crippen LogP contribution in [0.2, 0.25) is 0 Å². The summed E-state index contributed by atoms with van der Waals surface area (Å²) >= 11 is 0. The highest BCUT2D eigenvalue weighted by molar-refractivity contribution is 5.97. The van der Waals surface area contributed by atoms with Gasteiger partial charge in [0.2, 0.25) is 5.95 Å². The summed E-state index contributed by atoms with van der Waals surface area (Å²) < 4.78 is 1.38. The summed E-state index contributed by atoms with van der Waals surface area (Å²) in [6, 6.07) is 7.26. The lowest BCUT2D eigenvalue weighted by molar-refractivity contribution is 0.0686. The number of carboxylic acid groups (broad SMARTS) is 2. The Hall–Kier alpha value is -3.42.